The number of unbranched alkanes of at least 4 members (excludes halogenated alkanes) is 5. The van der Waals surface area contributed by atoms with E-state index in [0.29, 0.717) is 159 Å². The zero-order valence-corrected chi connectivity index (χ0v) is 32.1. The molecule has 0 aliphatic carbocycles. The quantitative estimate of drug-likeness (QED) is 0.0853. The Morgan fingerprint density at radius 3 is 0.680 bits per heavy atom. The molecule has 50 heavy (non-hydrogen) atoms. The molecule has 0 bridgehead atoms. The lowest BCUT2D eigenvalue weighted by Gasteiger charge is -2.10. The summed E-state index contributed by atoms with van der Waals surface area (Å²) in [6, 6.07) is 0. The van der Waals surface area contributed by atoms with Crippen LogP contribution in [0.2, 0.25) is 0 Å². The lowest BCUT2D eigenvalue weighted by Crippen LogP contribution is -2.19. The second kappa shape index (κ2) is 46.5. The zero-order valence-electron chi connectivity index (χ0n) is 32.1. The summed E-state index contributed by atoms with van der Waals surface area (Å²) in [6.45, 7) is 17.7. The monoisotopic (exact) mass is 730 g/mol. The van der Waals surface area contributed by atoms with Gasteiger partial charge in [0.1, 0.15) is 0 Å². The molecule has 0 amide bonds. The van der Waals surface area contributed by atoms with Crippen LogP contribution >= 0.6 is 0 Å². The van der Waals surface area contributed by atoms with E-state index in [2.05, 4.69) is 11.8 Å². The van der Waals surface area contributed by atoms with E-state index >= 15 is 0 Å². The predicted octanol–water partition coefficient (Wildman–Crippen LogP) is 3.12. The summed E-state index contributed by atoms with van der Waals surface area (Å²) < 4.78 is 71.5. The Morgan fingerprint density at radius 2 is 0.440 bits per heavy atom. The van der Waals surface area contributed by atoms with Crippen LogP contribution in [0.15, 0.2) is 0 Å². The number of rotatable bonds is 46. The van der Waals surface area contributed by atoms with Gasteiger partial charge >= 0.3 is 0 Å². The lowest BCUT2D eigenvalue weighted by atomic mass is 10.1. The number of likely N-dealkylation sites (N-methyl/N-ethyl adjacent to an activating group) is 1. The van der Waals surface area contributed by atoms with Crippen molar-refractivity contribution in [2.45, 2.75) is 45.4 Å². The minimum atomic E-state index is 0.515. The van der Waals surface area contributed by atoms with E-state index in [1.807, 2.05) is 14.1 Å². The maximum absolute atomic E-state index is 5.59. The molecule has 0 unspecified atom stereocenters. The van der Waals surface area contributed by atoms with E-state index in [1.54, 1.807) is 0 Å². The lowest BCUT2D eigenvalue weighted by molar-refractivity contribution is -0.0291. The summed E-state index contributed by atoms with van der Waals surface area (Å²) in [6.07, 6.45) is 7.68. The third-order valence-corrected chi connectivity index (χ3v) is 6.79. The predicted molar refractivity (Wildman–Crippen MR) is 193 cm³/mol. The molecule has 0 saturated heterocycles. The SMILES string of the molecule is CCCCCCCCOCCOCCOCCOCCOCCOCCOCCOCCOCCOCCOCCOCCOCCN(C)C. The first-order valence-corrected chi connectivity index (χ1v) is 18.9. The second-order valence-corrected chi connectivity index (χ2v) is 11.5. The fraction of sp³-hybridized carbons (Fsp3) is 1.00. The fourth-order valence-electron chi connectivity index (χ4n) is 3.97. The molecule has 0 rings (SSSR count). The van der Waals surface area contributed by atoms with Crippen LogP contribution < -0.4 is 0 Å². The van der Waals surface area contributed by atoms with Crippen molar-refractivity contribution in [3.63, 3.8) is 0 Å². The molecule has 0 aliphatic heterocycles. The highest BCUT2D eigenvalue weighted by Gasteiger charge is 1.98. The normalized spacial score (nSPS) is 11.8. The summed E-state index contributed by atoms with van der Waals surface area (Å²) >= 11 is 0. The molecule has 0 aromatic rings. The van der Waals surface area contributed by atoms with Crippen molar-refractivity contribution < 1.29 is 61.6 Å². The molecule has 14 heteroatoms. The molecule has 0 aromatic heterocycles. The molecule has 0 aliphatic rings. The third kappa shape index (κ3) is 47.4. The van der Waals surface area contributed by atoms with Crippen LogP contribution in [-0.2, 0) is 61.6 Å². The van der Waals surface area contributed by atoms with Gasteiger partial charge in [-0.05, 0) is 20.5 Å². The highest BCUT2D eigenvalue weighted by Crippen LogP contribution is 2.04. The first kappa shape index (κ1) is 49.4. The van der Waals surface area contributed by atoms with Gasteiger partial charge in [-0.15, -0.1) is 0 Å². The van der Waals surface area contributed by atoms with E-state index in [-0.39, 0.29) is 0 Å². The summed E-state index contributed by atoms with van der Waals surface area (Å²) in [5.74, 6) is 0. The number of ether oxygens (including phenoxy) is 13. The van der Waals surface area contributed by atoms with Crippen molar-refractivity contribution in [2.24, 2.45) is 0 Å². The molecule has 0 saturated carbocycles. The average Bonchev–Trinajstić information content (AvgIpc) is 3.11. The van der Waals surface area contributed by atoms with Crippen LogP contribution in [0, 0.1) is 0 Å². The van der Waals surface area contributed by atoms with E-state index < -0.39 is 0 Å². The molecule has 0 aromatic carbocycles. The molecular formula is C36H75NO13. The maximum atomic E-state index is 5.59. The van der Waals surface area contributed by atoms with E-state index in [1.165, 1.54) is 32.1 Å². The van der Waals surface area contributed by atoms with Crippen molar-refractivity contribution >= 4 is 0 Å². The largest absolute Gasteiger partial charge is 0.379 e. The van der Waals surface area contributed by atoms with Crippen LogP contribution in [0.1, 0.15) is 45.4 Å². The van der Waals surface area contributed by atoms with Gasteiger partial charge in [-0.25, -0.2) is 0 Å². The van der Waals surface area contributed by atoms with Gasteiger partial charge in [0.2, 0.25) is 0 Å². The Kier molecular flexibility index (Phi) is 45.9. The van der Waals surface area contributed by atoms with Crippen molar-refractivity contribution in [3.8, 4) is 0 Å². The van der Waals surface area contributed by atoms with Crippen LogP contribution in [0.5, 0.6) is 0 Å². The van der Waals surface area contributed by atoms with Gasteiger partial charge in [0.05, 0.1) is 165 Å². The molecule has 0 fully saturated rings. The summed E-state index contributed by atoms with van der Waals surface area (Å²) in [5.41, 5.74) is 0. The van der Waals surface area contributed by atoms with E-state index in [0.717, 1.165) is 26.2 Å². The summed E-state index contributed by atoms with van der Waals surface area (Å²) in [7, 11) is 4.04. The third-order valence-electron chi connectivity index (χ3n) is 6.79. The van der Waals surface area contributed by atoms with Crippen LogP contribution in [0.3, 0.4) is 0 Å². The van der Waals surface area contributed by atoms with Gasteiger partial charge in [0.15, 0.2) is 0 Å². The molecular weight excluding hydrogens is 654 g/mol. The molecule has 14 nitrogen and oxygen atoms in total. The summed E-state index contributed by atoms with van der Waals surface area (Å²) in [5, 5.41) is 0. The second-order valence-electron chi connectivity index (χ2n) is 11.5. The number of hydrogen-bond acceptors (Lipinski definition) is 14. The van der Waals surface area contributed by atoms with Crippen molar-refractivity contribution in [2.75, 3.05) is 192 Å². The molecule has 0 spiro atoms. The average molecular weight is 730 g/mol. The Morgan fingerprint density at radius 1 is 0.240 bits per heavy atom. The van der Waals surface area contributed by atoms with E-state index in [9.17, 15) is 0 Å². The first-order valence-electron chi connectivity index (χ1n) is 18.9. The molecule has 0 heterocycles. The summed E-state index contributed by atoms with van der Waals surface area (Å²) in [4.78, 5) is 2.08. The minimum absolute atomic E-state index is 0.515. The molecule has 302 valence electrons. The topological polar surface area (TPSA) is 123 Å². The Labute approximate surface area is 304 Å². The zero-order chi connectivity index (χ0) is 36.1. The van der Waals surface area contributed by atoms with Crippen molar-refractivity contribution in [3.05, 3.63) is 0 Å². The minimum Gasteiger partial charge on any atom is -0.379 e. The highest BCUT2D eigenvalue weighted by atomic mass is 16.6. The highest BCUT2D eigenvalue weighted by molar-refractivity contribution is 4.44. The van der Waals surface area contributed by atoms with Gasteiger partial charge in [-0.2, -0.15) is 0 Å². The fourth-order valence-corrected chi connectivity index (χ4v) is 3.97. The number of hydrogen-bond donors (Lipinski definition) is 0. The molecule has 0 atom stereocenters. The Balaban J connectivity index is 3.05. The smallest absolute Gasteiger partial charge is 0.0701 e. The number of nitrogens with zero attached hydrogens (tertiary/aromatic N) is 1. The molecule has 0 N–H and O–H groups in total. The van der Waals surface area contributed by atoms with Crippen molar-refractivity contribution in [1.82, 2.24) is 4.90 Å². The van der Waals surface area contributed by atoms with Crippen LogP contribution in [0.25, 0.3) is 0 Å². The van der Waals surface area contributed by atoms with Gasteiger partial charge in [-0.3, -0.25) is 0 Å². The standard InChI is InChI=1S/C36H75NO13/c1-4-5-6-7-8-9-11-38-13-15-40-17-19-42-21-23-44-25-27-46-29-31-48-33-35-50-36-34-49-32-30-47-28-26-45-24-22-43-20-18-41-16-14-39-12-10-37(2)3/h4-36H2,1-3H3. The van der Waals surface area contributed by atoms with Gasteiger partial charge in [0.25, 0.3) is 0 Å². The van der Waals surface area contributed by atoms with E-state index in [4.69, 9.17) is 61.6 Å². The molecule has 0 radical (unpaired) electrons. The van der Waals surface area contributed by atoms with Crippen LogP contribution in [0.4, 0.5) is 0 Å². The van der Waals surface area contributed by atoms with Crippen LogP contribution in [-0.4, -0.2) is 197 Å². The first-order chi connectivity index (χ1) is 24.8. The van der Waals surface area contributed by atoms with Gasteiger partial charge < -0.3 is 66.5 Å². The maximum Gasteiger partial charge on any atom is 0.0701 e. The van der Waals surface area contributed by atoms with Gasteiger partial charge in [0, 0.05) is 13.2 Å². The Hall–Kier alpha value is -0.560. The van der Waals surface area contributed by atoms with Crippen molar-refractivity contribution in [1.29, 1.82) is 0 Å². The Bertz CT molecular complexity index is 596. The van der Waals surface area contributed by atoms with Gasteiger partial charge in [-0.1, -0.05) is 39.0 Å².